The number of benzene rings is 2. The van der Waals surface area contributed by atoms with Gasteiger partial charge in [0.1, 0.15) is 5.58 Å². The first-order valence-corrected chi connectivity index (χ1v) is 13.1. The number of hydrogen-bond acceptors (Lipinski definition) is 6. The van der Waals surface area contributed by atoms with Crippen LogP contribution in [0, 0.1) is 11.8 Å². The number of para-hydroxylation sites is 1. The third kappa shape index (κ3) is 4.93. The summed E-state index contributed by atoms with van der Waals surface area (Å²) in [6, 6.07) is 14.8. The molecular formula is C30H31NO6. The van der Waals surface area contributed by atoms with Crippen LogP contribution >= 0.6 is 0 Å². The smallest absolute Gasteiger partial charge is 0.286 e. The van der Waals surface area contributed by atoms with Crippen molar-refractivity contribution in [3.63, 3.8) is 0 Å². The number of carbonyl (C=O) groups is 1. The molecule has 0 spiro atoms. The number of fused-ring (bicyclic) bond motifs is 3. The van der Waals surface area contributed by atoms with Crippen LogP contribution in [0.15, 0.2) is 75.8 Å². The summed E-state index contributed by atoms with van der Waals surface area (Å²) in [6.45, 7) is 0.255. The Balaban J connectivity index is 1.25. The lowest BCUT2D eigenvalue weighted by Gasteiger charge is -2.30. The van der Waals surface area contributed by atoms with Gasteiger partial charge in [0, 0.05) is 23.9 Å². The molecule has 37 heavy (non-hydrogen) atoms. The van der Waals surface area contributed by atoms with Crippen molar-refractivity contribution in [2.24, 2.45) is 11.8 Å². The van der Waals surface area contributed by atoms with Crippen LogP contribution < -0.4 is 10.7 Å². The van der Waals surface area contributed by atoms with Gasteiger partial charge in [-0.3, -0.25) is 9.59 Å². The monoisotopic (exact) mass is 501 g/mol. The number of hydrogen-bond donors (Lipinski definition) is 2. The Morgan fingerprint density at radius 3 is 2.59 bits per heavy atom. The number of allylic oxidation sites excluding steroid dienone is 1. The molecule has 0 radical (unpaired) electrons. The Morgan fingerprint density at radius 2 is 1.84 bits per heavy atom. The second-order valence-electron chi connectivity index (χ2n) is 10.5. The Hall–Kier alpha value is -3.42. The van der Waals surface area contributed by atoms with E-state index in [4.69, 9.17) is 13.9 Å². The first kappa shape index (κ1) is 23.9. The Bertz CT molecular complexity index is 1380. The Labute approximate surface area is 215 Å². The average Bonchev–Trinajstić information content (AvgIpc) is 3.56. The molecule has 2 heterocycles. The second kappa shape index (κ2) is 10.1. The van der Waals surface area contributed by atoms with Crippen LogP contribution in [-0.2, 0) is 27.5 Å². The number of rotatable bonds is 7. The van der Waals surface area contributed by atoms with Crippen molar-refractivity contribution in [1.29, 1.82) is 0 Å². The highest BCUT2D eigenvalue weighted by Crippen LogP contribution is 2.44. The standard InChI is InChI=1S/C30H31NO6/c32-15-18-5-7-19(8-6-18)16-36-28-14-22(24-17-35-26-4-2-1-3-23(26)29(24)33)13-27(37-28)30(34)31-25-12-20-9-10-21(25)11-20/h1-8,13,17,20-22,25,28,32H,9-12,14-16H2,(H,31,34). The number of aliphatic hydroxyl groups is 1. The van der Waals surface area contributed by atoms with E-state index in [1.165, 1.54) is 19.1 Å². The van der Waals surface area contributed by atoms with Crippen molar-refractivity contribution in [2.45, 2.75) is 63.6 Å². The van der Waals surface area contributed by atoms with Crippen molar-refractivity contribution in [3.8, 4) is 0 Å². The zero-order chi connectivity index (χ0) is 25.4. The molecule has 0 saturated heterocycles. The van der Waals surface area contributed by atoms with Crippen LogP contribution in [-0.4, -0.2) is 23.3 Å². The van der Waals surface area contributed by atoms with Gasteiger partial charge in [0.25, 0.3) is 5.91 Å². The topological polar surface area (TPSA) is 98.0 Å². The molecule has 1 amide bonds. The van der Waals surface area contributed by atoms with Gasteiger partial charge in [-0.15, -0.1) is 0 Å². The summed E-state index contributed by atoms with van der Waals surface area (Å²) in [5.74, 6) is 0.785. The van der Waals surface area contributed by atoms with Gasteiger partial charge in [-0.2, -0.15) is 0 Å². The SMILES string of the molecule is O=C(NC1CC2CCC1C2)C1=CC(c2coc3ccccc3c2=O)CC(OCc2ccc(CO)cc2)O1. The number of nitrogens with one attached hydrogen (secondary N) is 1. The van der Waals surface area contributed by atoms with Crippen molar-refractivity contribution in [2.75, 3.05) is 0 Å². The molecule has 1 aromatic heterocycles. The molecule has 3 aromatic rings. The van der Waals surface area contributed by atoms with E-state index >= 15 is 0 Å². The molecule has 3 aliphatic rings. The molecule has 192 valence electrons. The maximum Gasteiger partial charge on any atom is 0.286 e. The zero-order valence-corrected chi connectivity index (χ0v) is 20.6. The lowest BCUT2D eigenvalue weighted by Crippen LogP contribution is -2.41. The van der Waals surface area contributed by atoms with Crippen molar-refractivity contribution < 1.29 is 23.8 Å². The largest absolute Gasteiger partial charge is 0.464 e. The van der Waals surface area contributed by atoms with Crippen LogP contribution in [0.25, 0.3) is 11.0 Å². The molecule has 2 aromatic carbocycles. The third-order valence-corrected chi connectivity index (χ3v) is 8.08. The first-order valence-electron chi connectivity index (χ1n) is 13.1. The summed E-state index contributed by atoms with van der Waals surface area (Å²) in [7, 11) is 0. The number of amides is 1. The van der Waals surface area contributed by atoms with Gasteiger partial charge < -0.3 is 24.3 Å². The van der Waals surface area contributed by atoms with Gasteiger partial charge in [0.2, 0.25) is 6.29 Å². The molecule has 5 unspecified atom stereocenters. The fourth-order valence-corrected chi connectivity index (χ4v) is 6.07. The minimum atomic E-state index is -0.709. The highest BCUT2D eigenvalue weighted by molar-refractivity contribution is 5.92. The van der Waals surface area contributed by atoms with E-state index in [1.807, 2.05) is 36.4 Å². The van der Waals surface area contributed by atoms with Crippen LogP contribution in [0.3, 0.4) is 0 Å². The lowest BCUT2D eigenvalue weighted by molar-refractivity contribution is -0.150. The van der Waals surface area contributed by atoms with E-state index in [0.29, 0.717) is 34.8 Å². The summed E-state index contributed by atoms with van der Waals surface area (Å²) in [5.41, 5.74) is 2.64. The zero-order valence-electron chi connectivity index (χ0n) is 20.6. The van der Waals surface area contributed by atoms with E-state index < -0.39 is 12.2 Å². The molecule has 7 heteroatoms. The minimum Gasteiger partial charge on any atom is -0.464 e. The lowest BCUT2D eigenvalue weighted by atomic mass is 9.92. The molecule has 1 aliphatic heterocycles. The molecule has 6 rings (SSSR count). The maximum atomic E-state index is 13.3. The van der Waals surface area contributed by atoms with E-state index in [-0.39, 0.29) is 36.4 Å². The normalized spacial score (nSPS) is 26.6. The van der Waals surface area contributed by atoms with Crippen LogP contribution in [0.5, 0.6) is 0 Å². The molecule has 2 fully saturated rings. The quantitative estimate of drug-likeness (QED) is 0.494. The van der Waals surface area contributed by atoms with Crippen LogP contribution in [0.1, 0.15) is 54.7 Å². The molecule has 2 N–H and O–H groups in total. The van der Waals surface area contributed by atoms with E-state index in [2.05, 4.69) is 5.32 Å². The van der Waals surface area contributed by atoms with Gasteiger partial charge in [-0.25, -0.2) is 0 Å². The number of aliphatic hydroxyl groups excluding tert-OH is 1. The van der Waals surface area contributed by atoms with Crippen molar-refractivity contribution in [3.05, 3.63) is 93.5 Å². The minimum absolute atomic E-state index is 0.0191. The fourth-order valence-electron chi connectivity index (χ4n) is 6.07. The van der Waals surface area contributed by atoms with Gasteiger partial charge in [0.05, 0.1) is 24.9 Å². The van der Waals surface area contributed by atoms with E-state index in [9.17, 15) is 14.7 Å². The van der Waals surface area contributed by atoms with E-state index in [1.54, 1.807) is 18.2 Å². The summed E-state index contributed by atoms with van der Waals surface area (Å²) >= 11 is 0. The number of carbonyl (C=O) groups excluding carboxylic acids is 1. The molecule has 2 aliphatic carbocycles. The molecule has 2 bridgehead atoms. The Morgan fingerprint density at radius 1 is 1.03 bits per heavy atom. The summed E-state index contributed by atoms with van der Waals surface area (Å²) < 4.78 is 17.9. The Kier molecular flexibility index (Phi) is 6.57. The van der Waals surface area contributed by atoms with Crippen molar-refractivity contribution in [1.82, 2.24) is 5.32 Å². The van der Waals surface area contributed by atoms with Gasteiger partial charge >= 0.3 is 0 Å². The molecular weight excluding hydrogens is 470 g/mol. The predicted octanol–water partition coefficient (Wildman–Crippen LogP) is 4.52. The van der Waals surface area contributed by atoms with Crippen molar-refractivity contribution >= 4 is 16.9 Å². The predicted molar refractivity (Wildman–Crippen MR) is 137 cm³/mol. The fraction of sp³-hybridized carbons (Fsp3) is 0.400. The van der Waals surface area contributed by atoms with Gasteiger partial charge in [-0.1, -0.05) is 42.8 Å². The van der Waals surface area contributed by atoms with E-state index in [0.717, 1.165) is 24.0 Å². The molecule has 7 nitrogen and oxygen atoms in total. The van der Waals surface area contributed by atoms with Gasteiger partial charge in [-0.05, 0) is 60.4 Å². The average molecular weight is 502 g/mol. The maximum absolute atomic E-state index is 13.3. The van der Waals surface area contributed by atoms with Gasteiger partial charge in [0.15, 0.2) is 11.2 Å². The summed E-state index contributed by atoms with van der Waals surface area (Å²) in [5, 5.41) is 13.0. The highest BCUT2D eigenvalue weighted by Gasteiger charge is 2.41. The number of ether oxygens (including phenoxy) is 2. The first-order chi connectivity index (χ1) is 18.1. The van der Waals surface area contributed by atoms with Crippen LogP contribution in [0.2, 0.25) is 0 Å². The molecule has 5 atom stereocenters. The highest BCUT2D eigenvalue weighted by atomic mass is 16.7. The summed E-state index contributed by atoms with van der Waals surface area (Å²) in [6.07, 6.45) is 7.52. The summed E-state index contributed by atoms with van der Waals surface area (Å²) in [4.78, 5) is 26.6. The third-order valence-electron chi connectivity index (χ3n) is 8.08. The van der Waals surface area contributed by atoms with Crippen LogP contribution in [0.4, 0.5) is 0 Å². The molecule has 2 saturated carbocycles. The second-order valence-corrected chi connectivity index (χ2v) is 10.5.